The Balaban J connectivity index is 1.77. The lowest BCUT2D eigenvalue weighted by Gasteiger charge is -2.41. The number of carbonyl (C=O) groups excluding carboxylic acids is 2. The summed E-state index contributed by atoms with van der Waals surface area (Å²) in [6.45, 7) is 8.30. The van der Waals surface area contributed by atoms with Crippen molar-refractivity contribution in [2.75, 3.05) is 25.0 Å². The maximum atomic E-state index is 13.1. The number of likely N-dealkylation sites (tertiary alicyclic amines) is 1. The first-order chi connectivity index (χ1) is 14.4. The van der Waals surface area contributed by atoms with Gasteiger partial charge >= 0.3 is 5.97 Å². The van der Waals surface area contributed by atoms with E-state index in [1.807, 2.05) is 43.3 Å². The van der Waals surface area contributed by atoms with Gasteiger partial charge in [0, 0.05) is 25.7 Å². The van der Waals surface area contributed by atoms with Crippen molar-refractivity contribution in [3.8, 4) is 0 Å². The molecule has 30 heavy (non-hydrogen) atoms. The average molecular weight is 409 g/mol. The number of nitrogens with zero attached hydrogens (tertiary/aromatic N) is 1. The molecule has 1 fully saturated rings. The third-order valence-corrected chi connectivity index (χ3v) is 5.83. The van der Waals surface area contributed by atoms with E-state index in [0.717, 1.165) is 31.6 Å². The second-order valence-electron chi connectivity index (χ2n) is 8.30. The quantitative estimate of drug-likeness (QED) is 0.693. The molecule has 1 N–H and O–H groups in total. The summed E-state index contributed by atoms with van der Waals surface area (Å²) >= 11 is 0. The lowest BCUT2D eigenvalue weighted by Crippen LogP contribution is -2.49. The standard InChI is InChI=1S/C25H32N2O3/c1-4-30-24(29)25(16-22-9-6-5-8-19(22)2)14-7-15-27(18-25)17-21-10-12-23(13-11-21)26-20(3)28/h5-6,8-13H,4,7,14-18H2,1-3H3,(H,26,28)/t25-/m1/s1. The van der Waals surface area contributed by atoms with Crippen LogP contribution in [0.2, 0.25) is 0 Å². The summed E-state index contributed by atoms with van der Waals surface area (Å²) in [5.74, 6) is -0.159. The Bertz CT molecular complexity index is 878. The summed E-state index contributed by atoms with van der Waals surface area (Å²) in [5, 5.41) is 2.80. The topological polar surface area (TPSA) is 58.6 Å². The molecule has 0 saturated carbocycles. The first-order valence-electron chi connectivity index (χ1n) is 10.7. The molecule has 2 aromatic carbocycles. The number of ether oxygens (including phenoxy) is 1. The van der Waals surface area contributed by atoms with E-state index in [0.29, 0.717) is 19.6 Å². The van der Waals surface area contributed by atoms with Crippen LogP contribution in [-0.2, 0) is 27.3 Å². The summed E-state index contributed by atoms with van der Waals surface area (Å²) in [4.78, 5) is 26.7. The minimum atomic E-state index is -0.517. The molecule has 3 rings (SSSR count). The smallest absolute Gasteiger partial charge is 0.313 e. The fraction of sp³-hybridized carbons (Fsp3) is 0.440. The highest BCUT2D eigenvalue weighted by Gasteiger charge is 2.43. The molecule has 0 bridgehead atoms. The number of amides is 1. The van der Waals surface area contributed by atoms with Crippen LogP contribution in [0.15, 0.2) is 48.5 Å². The zero-order valence-corrected chi connectivity index (χ0v) is 18.2. The largest absolute Gasteiger partial charge is 0.466 e. The van der Waals surface area contributed by atoms with Gasteiger partial charge in [-0.1, -0.05) is 36.4 Å². The van der Waals surface area contributed by atoms with E-state index >= 15 is 0 Å². The lowest BCUT2D eigenvalue weighted by atomic mass is 9.74. The van der Waals surface area contributed by atoms with Gasteiger partial charge in [0.1, 0.15) is 0 Å². The van der Waals surface area contributed by atoms with Gasteiger partial charge in [-0.15, -0.1) is 0 Å². The van der Waals surface area contributed by atoms with E-state index in [4.69, 9.17) is 4.74 Å². The Kier molecular flexibility index (Phi) is 7.27. The molecule has 0 unspecified atom stereocenters. The van der Waals surface area contributed by atoms with Crippen LogP contribution >= 0.6 is 0 Å². The van der Waals surface area contributed by atoms with E-state index in [1.54, 1.807) is 0 Å². The molecule has 0 aromatic heterocycles. The Labute approximate surface area is 179 Å². The van der Waals surface area contributed by atoms with Gasteiger partial charge in [-0.3, -0.25) is 14.5 Å². The molecule has 5 nitrogen and oxygen atoms in total. The van der Waals surface area contributed by atoms with Crippen molar-refractivity contribution in [3.63, 3.8) is 0 Å². The Morgan fingerprint density at radius 1 is 1.13 bits per heavy atom. The van der Waals surface area contributed by atoms with Gasteiger partial charge in [0.05, 0.1) is 12.0 Å². The molecule has 1 atom stereocenters. The monoisotopic (exact) mass is 408 g/mol. The molecule has 0 spiro atoms. The van der Waals surface area contributed by atoms with Gasteiger partial charge < -0.3 is 10.1 Å². The number of hydrogen-bond donors (Lipinski definition) is 1. The molecule has 0 radical (unpaired) electrons. The molecule has 160 valence electrons. The van der Waals surface area contributed by atoms with Gasteiger partial charge in [0.2, 0.25) is 5.91 Å². The van der Waals surface area contributed by atoms with Crippen LogP contribution in [0.3, 0.4) is 0 Å². The molecule has 1 aliphatic heterocycles. The van der Waals surface area contributed by atoms with E-state index < -0.39 is 5.41 Å². The maximum absolute atomic E-state index is 13.1. The van der Waals surface area contributed by atoms with E-state index in [-0.39, 0.29) is 11.9 Å². The summed E-state index contributed by atoms with van der Waals surface area (Å²) in [5.41, 5.74) is 3.88. The number of rotatable bonds is 7. The van der Waals surface area contributed by atoms with E-state index in [1.165, 1.54) is 23.6 Å². The Morgan fingerprint density at radius 2 is 1.87 bits per heavy atom. The number of hydrogen-bond acceptors (Lipinski definition) is 4. The predicted octanol–water partition coefficient (Wildman–Crippen LogP) is 4.34. The minimum Gasteiger partial charge on any atom is -0.466 e. The highest BCUT2D eigenvalue weighted by Crippen LogP contribution is 2.36. The highest BCUT2D eigenvalue weighted by molar-refractivity contribution is 5.88. The van der Waals surface area contributed by atoms with Crippen molar-refractivity contribution in [2.24, 2.45) is 5.41 Å². The molecule has 0 aliphatic carbocycles. The molecule has 1 amide bonds. The second-order valence-corrected chi connectivity index (χ2v) is 8.30. The summed E-state index contributed by atoms with van der Waals surface area (Å²) < 4.78 is 5.54. The maximum Gasteiger partial charge on any atom is 0.313 e. The zero-order valence-electron chi connectivity index (χ0n) is 18.2. The van der Waals surface area contributed by atoms with Crippen LogP contribution in [0.1, 0.15) is 43.4 Å². The normalized spacial score (nSPS) is 19.3. The number of piperidine rings is 1. The van der Waals surface area contributed by atoms with E-state index in [9.17, 15) is 9.59 Å². The van der Waals surface area contributed by atoms with Crippen molar-refractivity contribution in [2.45, 2.75) is 46.6 Å². The van der Waals surface area contributed by atoms with Crippen LogP contribution in [0.4, 0.5) is 5.69 Å². The molecular formula is C25H32N2O3. The summed E-state index contributed by atoms with van der Waals surface area (Å²) in [6, 6.07) is 16.2. The molecule has 2 aromatic rings. The number of carbonyl (C=O) groups is 2. The van der Waals surface area contributed by atoms with Crippen molar-refractivity contribution in [1.82, 2.24) is 4.90 Å². The van der Waals surface area contributed by atoms with Crippen LogP contribution in [0.25, 0.3) is 0 Å². The Morgan fingerprint density at radius 3 is 2.53 bits per heavy atom. The van der Waals surface area contributed by atoms with Crippen molar-refractivity contribution in [3.05, 3.63) is 65.2 Å². The second kappa shape index (κ2) is 9.90. The summed E-state index contributed by atoms with van der Waals surface area (Å²) in [6.07, 6.45) is 2.52. The van der Waals surface area contributed by atoms with Gasteiger partial charge in [-0.25, -0.2) is 0 Å². The van der Waals surface area contributed by atoms with Gasteiger partial charge in [0.15, 0.2) is 0 Å². The SMILES string of the molecule is CCOC(=O)[C@@]1(Cc2ccccc2C)CCCN(Cc2ccc(NC(C)=O)cc2)C1. The number of esters is 1. The number of aryl methyl sites for hydroxylation is 1. The van der Waals surface area contributed by atoms with Crippen LogP contribution < -0.4 is 5.32 Å². The fourth-order valence-corrected chi connectivity index (χ4v) is 4.36. The van der Waals surface area contributed by atoms with Gasteiger partial charge in [-0.2, -0.15) is 0 Å². The van der Waals surface area contributed by atoms with E-state index in [2.05, 4.69) is 29.3 Å². The predicted molar refractivity (Wildman–Crippen MR) is 119 cm³/mol. The van der Waals surface area contributed by atoms with Crippen molar-refractivity contribution < 1.29 is 14.3 Å². The molecular weight excluding hydrogens is 376 g/mol. The Hall–Kier alpha value is -2.66. The van der Waals surface area contributed by atoms with Gasteiger partial charge in [0.25, 0.3) is 0 Å². The summed E-state index contributed by atoms with van der Waals surface area (Å²) in [7, 11) is 0. The average Bonchev–Trinajstić information content (AvgIpc) is 2.71. The first kappa shape index (κ1) is 22.0. The van der Waals surface area contributed by atoms with Crippen molar-refractivity contribution >= 4 is 17.6 Å². The molecule has 1 heterocycles. The van der Waals surface area contributed by atoms with Crippen molar-refractivity contribution in [1.29, 1.82) is 0 Å². The van der Waals surface area contributed by atoms with Crippen LogP contribution in [0.5, 0.6) is 0 Å². The fourth-order valence-electron chi connectivity index (χ4n) is 4.36. The number of nitrogens with one attached hydrogen (secondary N) is 1. The molecule has 1 saturated heterocycles. The van der Waals surface area contributed by atoms with Crippen LogP contribution in [-0.4, -0.2) is 36.5 Å². The third-order valence-electron chi connectivity index (χ3n) is 5.83. The molecule has 5 heteroatoms. The highest BCUT2D eigenvalue weighted by atomic mass is 16.5. The molecule has 1 aliphatic rings. The first-order valence-corrected chi connectivity index (χ1v) is 10.7. The van der Waals surface area contributed by atoms with Crippen LogP contribution in [0, 0.1) is 12.3 Å². The number of benzene rings is 2. The minimum absolute atomic E-state index is 0.0748. The van der Waals surface area contributed by atoms with Gasteiger partial charge in [-0.05, 0) is 68.5 Å². The lowest BCUT2D eigenvalue weighted by molar-refractivity contribution is -0.159. The zero-order chi connectivity index (χ0) is 21.6. The number of anilines is 1. The third kappa shape index (κ3) is 5.48.